The van der Waals surface area contributed by atoms with E-state index in [0.717, 1.165) is 17.5 Å². The summed E-state index contributed by atoms with van der Waals surface area (Å²) in [6, 6.07) is 7.79. The monoisotopic (exact) mass is 165 g/mol. The normalized spacial score (nSPS) is 12.9. The minimum Gasteiger partial charge on any atom is -0.392 e. The van der Waals surface area contributed by atoms with Gasteiger partial charge in [0.15, 0.2) is 0 Å². The van der Waals surface area contributed by atoms with E-state index in [-0.39, 0.29) is 12.6 Å². The zero-order valence-corrected chi connectivity index (χ0v) is 7.33. The minimum atomic E-state index is 0.0494. The van der Waals surface area contributed by atoms with Crippen LogP contribution in [0.3, 0.4) is 0 Å². The van der Waals surface area contributed by atoms with Crippen molar-refractivity contribution in [3.8, 4) is 0 Å². The molecular formula is C10H15NO. The Hall–Kier alpha value is -0.860. The van der Waals surface area contributed by atoms with Gasteiger partial charge in [0.05, 0.1) is 6.61 Å². The summed E-state index contributed by atoms with van der Waals surface area (Å²) in [6.07, 6.45) is 0.900. The number of hydrogen-bond acceptors (Lipinski definition) is 2. The van der Waals surface area contributed by atoms with Gasteiger partial charge < -0.3 is 10.8 Å². The molecule has 0 aliphatic carbocycles. The Balaban J connectivity index is 2.96. The summed E-state index contributed by atoms with van der Waals surface area (Å²) in [5, 5.41) is 9.01. The second-order valence-corrected chi connectivity index (χ2v) is 2.87. The summed E-state index contributed by atoms with van der Waals surface area (Å²) >= 11 is 0. The Morgan fingerprint density at radius 3 is 2.67 bits per heavy atom. The maximum absolute atomic E-state index is 9.01. The van der Waals surface area contributed by atoms with Gasteiger partial charge in [-0.15, -0.1) is 0 Å². The third-order valence-corrected chi connectivity index (χ3v) is 2.06. The standard InChI is InChI=1S/C10H15NO/c1-2-10(11)9-6-4-3-5-8(9)7-12/h3-6,10,12H,2,7,11H2,1H3/t10-/m1/s1. The summed E-state index contributed by atoms with van der Waals surface area (Å²) in [5.74, 6) is 0. The van der Waals surface area contributed by atoms with Crippen molar-refractivity contribution in [2.24, 2.45) is 5.73 Å². The Morgan fingerprint density at radius 1 is 1.42 bits per heavy atom. The molecule has 1 aromatic carbocycles. The molecule has 0 radical (unpaired) electrons. The quantitative estimate of drug-likeness (QED) is 0.714. The summed E-state index contributed by atoms with van der Waals surface area (Å²) in [5.41, 5.74) is 7.85. The predicted octanol–water partition coefficient (Wildman–Crippen LogP) is 1.59. The topological polar surface area (TPSA) is 46.2 Å². The highest BCUT2D eigenvalue weighted by Gasteiger charge is 2.06. The lowest BCUT2D eigenvalue weighted by Gasteiger charge is -2.12. The number of aliphatic hydroxyl groups excluding tert-OH is 1. The third kappa shape index (κ3) is 1.84. The lowest BCUT2D eigenvalue weighted by molar-refractivity contribution is 0.280. The maximum Gasteiger partial charge on any atom is 0.0685 e. The molecule has 0 saturated carbocycles. The van der Waals surface area contributed by atoms with Crippen molar-refractivity contribution >= 4 is 0 Å². The van der Waals surface area contributed by atoms with E-state index in [2.05, 4.69) is 0 Å². The first-order valence-corrected chi connectivity index (χ1v) is 4.23. The average Bonchev–Trinajstić information content (AvgIpc) is 2.16. The van der Waals surface area contributed by atoms with E-state index < -0.39 is 0 Å². The number of nitrogens with two attached hydrogens (primary N) is 1. The zero-order chi connectivity index (χ0) is 8.97. The lowest BCUT2D eigenvalue weighted by atomic mass is 10.00. The van der Waals surface area contributed by atoms with Crippen molar-refractivity contribution in [1.29, 1.82) is 0 Å². The van der Waals surface area contributed by atoms with Gasteiger partial charge in [0.1, 0.15) is 0 Å². The van der Waals surface area contributed by atoms with Crippen molar-refractivity contribution in [2.75, 3.05) is 0 Å². The molecular weight excluding hydrogens is 150 g/mol. The summed E-state index contributed by atoms with van der Waals surface area (Å²) in [4.78, 5) is 0. The van der Waals surface area contributed by atoms with Crippen LogP contribution in [0.4, 0.5) is 0 Å². The van der Waals surface area contributed by atoms with Gasteiger partial charge in [0, 0.05) is 6.04 Å². The van der Waals surface area contributed by atoms with Crippen LogP contribution in [-0.4, -0.2) is 5.11 Å². The minimum absolute atomic E-state index is 0.0494. The van der Waals surface area contributed by atoms with Gasteiger partial charge >= 0.3 is 0 Å². The van der Waals surface area contributed by atoms with E-state index in [4.69, 9.17) is 10.8 Å². The molecule has 0 aliphatic rings. The molecule has 1 aromatic rings. The molecule has 1 atom stereocenters. The first-order chi connectivity index (χ1) is 5.79. The highest BCUT2D eigenvalue weighted by Crippen LogP contribution is 2.18. The van der Waals surface area contributed by atoms with Crippen molar-refractivity contribution in [3.63, 3.8) is 0 Å². The summed E-state index contributed by atoms with van der Waals surface area (Å²) in [7, 11) is 0. The van der Waals surface area contributed by atoms with Crippen LogP contribution in [0, 0.1) is 0 Å². The smallest absolute Gasteiger partial charge is 0.0685 e. The van der Waals surface area contributed by atoms with Crippen molar-refractivity contribution in [1.82, 2.24) is 0 Å². The zero-order valence-electron chi connectivity index (χ0n) is 7.33. The lowest BCUT2D eigenvalue weighted by Crippen LogP contribution is -2.11. The molecule has 0 fully saturated rings. The van der Waals surface area contributed by atoms with Gasteiger partial charge in [-0.3, -0.25) is 0 Å². The van der Waals surface area contributed by atoms with Gasteiger partial charge in [0.2, 0.25) is 0 Å². The van der Waals surface area contributed by atoms with Crippen molar-refractivity contribution < 1.29 is 5.11 Å². The molecule has 1 rings (SSSR count). The molecule has 0 amide bonds. The fraction of sp³-hybridized carbons (Fsp3) is 0.400. The maximum atomic E-state index is 9.01. The molecule has 2 heteroatoms. The van der Waals surface area contributed by atoms with Crippen LogP contribution in [-0.2, 0) is 6.61 Å². The third-order valence-electron chi connectivity index (χ3n) is 2.06. The van der Waals surface area contributed by atoms with Crippen molar-refractivity contribution in [3.05, 3.63) is 35.4 Å². The van der Waals surface area contributed by atoms with E-state index in [1.807, 2.05) is 31.2 Å². The number of benzene rings is 1. The van der Waals surface area contributed by atoms with Crippen LogP contribution in [0.5, 0.6) is 0 Å². The van der Waals surface area contributed by atoms with E-state index in [9.17, 15) is 0 Å². The molecule has 0 spiro atoms. The summed E-state index contributed by atoms with van der Waals surface area (Å²) in [6.45, 7) is 2.11. The Morgan fingerprint density at radius 2 is 2.08 bits per heavy atom. The van der Waals surface area contributed by atoms with Crippen LogP contribution in [0.1, 0.15) is 30.5 Å². The number of hydrogen-bond donors (Lipinski definition) is 2. The SMILES string of the molecule is CC[C@@H](N)c1ccccc1CO. The molecule has 2 nitrogen and oxygen atoms in total. The molecule has 12 heavy (non-hydrogen) atoms. The highest BCUT2D eigenvalue weighted by molar-refractivity contribution is 5.28. The molecule has 66 valence electrons. The van der Waals surface area contributed by atoms with Gasteiger partial charge in [-0.25, -0.2) is 0 Å². The number of rotatable bonds is 3. The van der Waals surface area contributed by atoms with E-state index in [1.165, 1.54) is 0 Å². The van der Waals surface area contributed by atoms with E-state index >= 15 is 0 Å². The van der Waals surface area contributed by atoms with Crippen LogP contribution < -0.4 is 5.73 Å². The van der Waals surface area contributed by atoms with Crippen LogP contribution in [0.2, 0.25) is 0 Å². The second kappa shape index (κ2) is 4.24. The van der Waals surface area contributed by atoms with Crippen molar-refractivity contribution in [2.45, 2.75) is 26.0 Å². The van der Waals surface area contributed by atoms with Gasteiger partial charge in [-0.1, -0.05) is 31.2 Å². The fourth-order valence-electron chi connectivity index (χ4n) is 1.26. The van der Waals surface area contributed by atoms with E-state index in [0.29, 0.717) is 0 Å². The molecule has 0 aliphatic heterocycles. The van der Waals surface area contributed by atoms with Gasteiger partial charge in [0.25, 0.3) is 0 Å². The molecule has 0 heterocycles. The largest absolute Gasteiger partial charge is 0.392 e. The second-order valence-electron chi connectivity index (χ2n) is 2.87. The molecule has 0 unspecified atom stereocenters. The van der Waals surface area contributed by atoms with Crippen LogP contribution in [0.15, 0.2) is 24.3 Å². The van der Waals surface area contributed by atoms with Gasteiger partial charge in [-0.2, -0.15) is 0 Å². The van der Waals surface area contributed by atoms with Crippen LogP contribution in [0.25, 0.3) is 0 Å². The van der Waals surface area contributed by atoms with Crippen LogP contribution >= 0.6 is 0 Å². The molecule has 0 saturated heterocycles. The highest BCUT2D eigenvalue weighted by atomic mass is 16.3. The van der Waals surface area contributed by atoms with E-state index in [1.54, 1.807) is 0 Å². The average molecular weight is 165 g/mol. The molecule has 3 N–H and O–H groups in total. The summed E-state index contributed by atoms with van der Waals surface area (Å²) < 4.78 is 0. The first kappa shape index (κ1) is 9.23. The Labute approximate surface area is 73.0 Å². The predicted molar refractivity (Wildman–Crippen MR) is 49.6 cm³/mol. The fourth-order valence-corrected chi connectivity index (χ4v) is 1.26. The Bertz CT molecular complexity index is 247. The molecule has 0 aromatic heterocycles. The Kier molecular flexibility index (Phi) is 3.26. The van der Waals surface area contributed by atoms with Gasteiger partial charge in [-0.05, 0) is 17.5 Å². The number of aliphatic hydroxyl groups is 1. The molecule has 0 bridgehead atoms. The first-order valence-electron chi connectivity index (χ1n) is 4.23.